The largest absolute Gasteiger partial charge is 1.00 e. The van der Waals surface area contributed by atoms with Gasteiger partial charge in [0.15, 0.2) is 0 Å². The van der Waals surface area contributed by atoms with Gasteiger partial charge in [0, 0.05) is 0 Å². The predicted molar refractivity (Wildman–Crippen MR) is 61.4 cm³/mol. The molecule has 0 aliphatic heterocycles. The van der Waals surface area contributed by atoms with Gasteiger partial charge in [0.1, 0.15) is 0 Å². The van der Waals surface area contributed by atoms with E-state index >= 15 is 0 Å². The molecule has 19 heavy (non-hydrogen) atoms. The van der Waals surface area contributed by atoms with E-state index in [1.807, 2.05) is 0 Å². The van der Waals surface area contributed by atoms with E-state index in [0.717, 1.165) is 0 Å². The zero-order valence-electron chi connectivity index (χ0n) is 11.1. The van der Waals surface area contributed by atoms with Crippen LogP contribution in [0.5, 0.6) is 0 Å². The molecule has 0 saturated heterocycles. The molecule has 0 aromatic carbocycles. The third-order valence-electron chi connectivity index (χ3n) is 1.89. The molecule has 0 aliphatic rings. The van der Waals surface area contributed by atoms with Gasteiger partial charge in [0.2, 0.25) is 0 Å². The summed E-state index contributed by atoms with van der Waals surface area (Å²) in [5.74, 6) is -1.65. The fraction of sp³-hybridized carbons (Fsp3) is 0.700. The summed E-state index contributed by atoms with van der Waals surface area (Å²) in [6.45, 7) is 2.16. The van der Waals surface area contributed by atoms with Crippen LogP contribution >= 0.6 is 0 Å². The van der Waals surface area contributed by atoms with Gasteiger partial charge in [-0.3, -0.25) is 4.55 Å². The molecule has 0 unspecified atom stereocenters. The van der Waals surface area contributed by atoms with Crippen LogP contribution in [0.2, 0.25) is 0 Å². The Morgan fingerprint density at radius 1 is 1.21 bits per heavy atom. The standard InChI is InChI=1S/C10H18O7S.K/c1-9(10(11)12)3-2-4-16-5-6-17-7-8-18(13,14)15;/h3H,2,4-8H2,1H3,(H,11,12)(H,13,14,15);/q;+1/p-1. The Hall–Kier alpha value is 0.676. The number of carbonyl (C=O) groups excluding carboxylic acids is 1. The minimum atomic E-state index is -3.98. The number of hydrogen-bond acceptors (Lipinski definition) is 6. The molecule has 0 bridgehead atoms. The first-order chi connectivity index (χ1) is 8.33. The van der Waals surface area contributed by atoms with E-state index in [-0.39, 0.29) is 76.8 Å². The average Bonchev–Trinajstić information content (AvgIpc) is 2.24. The van der Waals surface area contributed by atoms with Crippen LogP contribution in [-0.4, -0.2) is 51.1 Å². The first-order valence-corrected chi connectivity index (χ1v) is 6.92. The summed E-state index contributed by atoms with van der Waals surface area (Å²) in [5, 5.41) is 10.3. The first kappa shape index (κ1) is 22.0. The molecular formula is C10H17KO7S. The van der Waals surface area contributed by atoms with Crippen molar-refractivity contribution in [2.24, 2.45) is 0 Å². The van der Waals surface area contributed by atoms with Gasteiger partial charge in [-0.05, 0) is 18.9 Å². The van der Waals surface area contributed by atoms with Gasteiger partial charge in [-0.2, -0.15) is 8.42 Å². The van der Waals surface area contributed by atoms with Crippen LogP contribution in [0.1, 0.15) is 13.3 Å². The van der Waals surface area contributed by atoms with Crippen molar-refractivity contribution >= 4 is 16.1 Å². The van der Waals surface area contributed by atoms with Crippen LogP contribution in [0.15, 0.2) is 11.6 Å². The number of carboxylic acid groups (broad SMARTS) is 1. The minimum absolute atomic E-state index is 0. The summed E-state index contributed by atoms with van der Waals surface area (Å²) in [5.41, 5.74) is 0.156. The molecular weight excluding hydrogens is 303 g/mol. The normalized spacial score (nSPS) is 12.0. The van der Waals surface area contributed by atoms with Crippen LogP contribution in [0.3, 0.4) is 0 Å². The van der Waals surface area contributed by atoms with Crippen molar-refractivity contribution in [3.63, 3.8) is 0 Å². The maximum Gasteiger partial charge on any atom is 1.00 e. The molecule has 9 heteroatoms. The first-order valence-electron chi connectivity index (χ1n) is 5.31. The topological polar surface area (TPSA) is 113 Å². The molecule has 1 N–H and O–H groups in total. The second kappa shape index (κ2) is 12.4. The molecule has 0 amide bonds. The van der Waals surface area contributed by atoms with Crippen molar-refractivity contribution in [3.8, 4) is 0 Å². The van der Waals surface area contributed by atoms with Gasteiger partial charge >= 0.3 is 51.4 Å². The fourth-order valence-electron chi connectivity index (χ4n) is 0.928. The quantitative estimate of drug-likeness (QED) is 0.189. The molecule has 0 rings (SSSR count). The third kappa shape index (κ3) is 16.6. The summed E-state index contributed by atoms with van der Waals surface area (Å²) in [6.07, 6.45) is 1.94. The van der Waals surface area contributed by atoms with Crippen LogP contribution in [-0.2, 0) is 24.4 Å². The summed E-state index contributed by atoms with van der Waals surface area (Å²) in [4.78, 5) is 10.3. The number of ether oxygens (including phenoxy) is 2. The average molecular weight is 320 g/mol. The zero-order valence-corrected chi connectivity index (χ0v) is 15.1. The maximum absolute atomic E-state index is 10.3. The molecule has 0 radical (unpaired) electrons. The maximum atomic E-state index is 10.3. The number of carbonyl (C=O) groups is 1. The smallest absolute Gasteiger partial charge is 0.545 e. The van der Waals surface area contributed by atoms with Gasteiger partial charge in [-0.25, -0.2) is 0 Å². The Labute approximate surface area is 155 Å². The third-order valence-corrected chi connectivity index (χ3v) is 2.57. The molecule has 0 aliphatic carbocycles. The second-order valence-electron chi connectivity index (χ2n) is 3.47. The molecule has 0 aromatic heterocycles. The fourth-order valence-corrected chi connectivity index (χ4v) is 1.26. The molecule has 0 heterocycles. The molecule has 0 saturated carbocycles. The minimum Gasteiger partial charge on any atom is -0.545 e. The summed E-state index contributed by atoms with van der Waals surface area (Å²) >= 11 is 0. The van der Waals surface area contributed by atoms with Crippen molar-refractivity contribution in [1.82, 2.24) is 0 Å². The Morgan fingerprint density at radius 3 is 2.21 bits per heavy atom. The van der Waals surface area contributed by atoms with E-state index in [2.05, 4.69) is 0 Å². The predicted octanol–water partition coefficient (Wildman–Crippen LogP) is -4.00. The van der Waals surface area contributed by atoms with Crippen LogP contribution < -0.4 is 56.5 Å². The summed E-state index contributed by atoms with van der Waals surface area (Å²) in [7, 11) is -3.98. The van der Waals surface area contributed by atoms with Gasteiger partial charge in [0.25, 0.3) is 10.1 Å². The van der Waals surface area contributed by atoms with E-state index in [1.165, 1.54) is 13.0 Å². The van der Waals surface area contributed by atoms with Crippen LogP contribution in [0.4, 0.5) is 0 Å². The van der Waals surface area contributed by atoms with Gasteiger partial charge in [-0.1, -0.05) is 6.08 Å². The number of hydrogen-bond donors (Lipinski definition) is 1. The van der Waals surface area contributed by atoms with Crippen molar-refractivity contribution in [1.29, 1.82) is 0 Å². The summed E-state index contributed by atoms with van der Waals surface area (Å²) < 4.78 is 39.0. The van der Waals surface area contributed by atoms with Crippen molar-refractivity contribution in [2.75, 3.05) is 32.2 Å². The Morgan fingerprint density at radius 2 is 1.74 bits per heavy atom. The monoisotopic (exact) mass is 320 g/mol. The second-order valence-corrected chi connectivity index (χ2v) is 5.05. The van der Waals surface area contributed by atoms with Gasteiger partial charge in [-0.15, -0.1) is 0 Å². The number of rotatable bonds is 10. The molecule has 0 spiro atoms. The van der Waals surface area contributed by atoms with E-state index in [0.29, 0.717) is 13.0 Å². The summed E-state index contributed by atoms with van der Waals surface area (Å²) in [6, 6.07) is 0. The SMILES string of the molecule is CC(=CCCOCCOCCS(=O)(=O)O)C(=O)[O-].[K+]. The van der Waals surface area contributed by atoms with Crippen molar-refractivity contribution in [3.05, 3.63) is 11.6 Å². The molecule has 0 atom stereocenters. The van der Waals surface area contributed by atoms with Crippen molar-refractivity contribution < 1.29 is 83.7 Å². The Balaban J connectivity index is 0. The van der Waals surface area contributed by atoms with Crippen LogP contribution in [0.25, 0.3) is 0 Å². The van der Waals surface area contributed by atoms with Gasteiger partial charge in [0.05, 0.1) is 38.1 Å². The molecule has 7 nitrogen and oxygen atoms in total. The van der Waals surface area contributed by atoms with E-state index in [9.17, 15) is 18.3 Å². The molecule has 106 valence electrons. The molecule has 0 aromatic rings. The number of carboxylic acids is 1. The van der Waals surface area contributed by atoms with E-state index < -0.39 is 21.8 Å². The van der Waals surface area contributed by atoms with Gasteiger partial charge < -0.3 is 19.4 Å². The van der Waals surface area contributed by atoms with E-state index in [1.54, 1.807) is 0 Å². The zero-order chi connectivity index (χ0) is 14.0. The Bertz CT molecular complexity index is 377. The van der Waals surface area contributed by atoms with Crippen molar-refractivity contribution in [2.45, 2.75) is 13.3 Å². The van der Waals surface area contributed by atoms with E-state index in [4.69, 9.17) is 14.0 Å². The Kier molecular flexibility index (Phi) is 14.4. The number of aliphatic carboxylic acids is 1. The molecule has 0 fully saturated rings. The van der Waals surface area contributed by atoms with Crippen LogP contribution in [0, 0.1) is 0 Å².